The van der Waals surface area contributed by atoms with Gasteiger partial charge in [-0.25, -0.2) is 4.39 Å². The van der Waals surface area contributed by atoms with Gasteiger partial charge in [-0.15, -0.1) is 10.2 Å². The highest BCUT2D eigenvalue weighted by atomic mass is 19.3. The molecule has 3 aromatic heterocycles. The number of fused-ring (bicyclic) bond motifs is 1. The number of benzene rings is 1. The van der Waals surface area contributed by atoms with Crippen molar-refractivity contribution < 1.29 is 22.3 Å². The molecule has 1 aromatic carbocycles. The molecule has 0 aliphatic carbocycles. The van der Waals surface area contributed by atoms with Gasteiger partial charge in [0.25, 0.3) is 0 Å². The third-order valence-electron chi connectivity index (χ3n) is 3.83. The van der Waals surface area contributed by atoms with Gasteiger partial charge in [-0.05, 0) is 23.8 Å². The highest BCUT2D eigenvalue weighted by molar-refractivity contribution is 5.80. The molecule has 0 bridgehead atoms. The third-order valence-corrected chi connectivity index (χ3v) is 3.83. The second-order valence-electron chi connectivity index (χ2n) is 5.67. The monoisotopic (exact) mass is 375 g/mol. The Morgan fingerprint density at radius 1 is 1.15 bits per heavy atom. The van der Waals surface area contributed by atoms with Crippen molar-refractivity contribution in [2.45, 2.75) is 20.1 Å². The molecule has 0 saturated heterocycles. The van der Waals surface area contributed by atoms with Gasteiger partial charge in [-0.3, -0.25) is 9.67 Å². The number of aromatic nitrogens is 5. The van der Waals surface area contributed by atoms with Gasteiger partial charge in [-0.1, -0.05) is 6.07 Å². The Balaban J connectivity index is 1.72. The van der Waals surface area contributed by atoms with Crippen LogP contribution in [0.5, 0.6) is 5.75 Å². The smallest absolute Gasteiger partial charge is 0.387 e. The van der Waals surface area contributed by atoms with Crippen molar-refractivity contribution in [3.05, 3.63) is 54.3 Å². The van der Waals surface area contributed by atoms with E-state index in [0.717, 1.165) is 6.07 Å². The number of pyridine rings is 1. The second-order valence-corrected chi connectivity index (χ2v) is 5.67. The van der Waals surface area contributed by atoms with Gasteiger partial charge in [0.15, 0.2) is 11.6 Å². The fraction of sp³-hybridized carbons (Fsp3) is 0.176. The van der Waals surface area contributed by atoms with Crippen molar-refractivity contribution in [1.82, 2.24) is 25.0 Å². The zero-order chi connectivity index (χ0) is 19.0. The summed E-state index contributed by atoms with van der Waals surface area (Å²) in [6.45, 7) is -1.18. The van der Waals surface area contributed by atoms with Gasteiger partial charge in [0.05, 0.1) is 11.7 Å². The lowest BCUT2D eigenvalue weighted by molar-refractivity contribution is -0.0521. The van der Waals surface area contributed by atoms with E-state index in [1.165, 1.54) is 12.1 Å². The Kier molecular flexibility index (Phi) is 4.22. The topological polar surface area (TPSA) is 78.9 Å². The first-order valence-corrected chi connectivity index (χ1v) is 7.85. The first-order valence-electron chi connectivity index (χ1n) is 7.85. The van der Waals surface area contributed by atoms with Crippen LogP contribution in [0.1, 0.15) is 11.8 Å². The second kappa shape index (κ2) is 6.71. The van der Waals surface area contributed by atoms with Crippen LogP contribution in [0.4, 0.5) is 13.2 Å². The van der Waals surface area contributed by atoms with E-state index in [1.807, 2.05) is 0 Å². The molecule has 4 rings (SSSR count). The maximum absolute atomic E-state index is 13.6. The molecule has 0 unspecified atom stereocenters. The average Bonchev–Trinajstić information content (AvgIpc) is 3.23. The Morgan fingerprint density at radius 3 is 2.74 bits per heavy atom. The van der Waals surface area contributed by atoms with Gasteiger partial charge in [0.2, 0.25) is 11.8 Å². The van der Waals surface area contributed by atoms with Crippen LogP contribution < -0.4 is 4.74 Å². The van der Waals surface area contributed by atoms with Gasteiger partial charge in [-0.2, -0.15) is 13.9 Å². The molecule has 0 atom stereocenters. The number of halogens is 3. The molecule has 3 heterocycles. The molecule has 0 saturated carbocycles. The molecule has 0 fully saturated rings. The molecule has 0 spiro atoms. The van der Waals surface area contributed by atoms with Crippen molar-refractivity contribution in [1.29, 1.82) is 0 Å². The van der Waals surface area contributed by atoms with Crippen molar-refractivity contribution in [2.24, 2.45) is 0 Å². The van der Waals surface area contributed by atoms with E-state index >= 15 is 0 Å². The van der Waals surface area contributed by atoms with Crippen molar-refractivity contribution >= 4 is 11.0 Å². The predicted molar refractivity (Wildman–Crippen MR) is 87.7 cm³/mol. The molecule has 7 nitrogen and oxygen atoms in total. The minimum Gasteiger partial charge on any atom is -0.432 e. The molecule has 10 heteroatoms. The lowest BCUT2D eigenvalue weighted by Gasteiger charge is -2.08. The lowest BCUT2D eigenvalue weighted by Crippen LogP contribution is -2.04. The molecule has 0 radical (unpaired) electrons. The predicted octanol–water partition coefficient (Wildman–Crippen LogP) is 3.58. The van der Waals surface area contributed by atoms with Crippen LogP contribution in [-0.4, -0.2) is 31.6 Å². The van der Waals surface area contributed by atoms with Crippen LogP contribution in [0.2, 0.25) is 0 Å². The van der Waals surface area contributed by atoms with Crippen molar-refractivity contribution in [2.75, 3.05) is 0 Å². The molecular formula is C17H12F3N5O2. The Hall–Kier alpha value is -3.43. The SMILES string of the molecule is Cc1nnc(Cn2ncc3ncc(-c4ccc(F)c(OC(F)F)c4)cc32)o1. The molecular weight excluding hydrogens is 363 g/mol. The summed E-state index contributed by atoms with van der Waals surface area (Å²) in [7, 11) is 0. The van der Waals surface area contributed by atoms with Crippen LogP contribution in [-0.2, 0) is 6.54 Å². The summed E-state index contributed by atoms with van der Waals surface area (Å²) in [5.41, 5.74) is 2.36. The number of alkyl halides is 2. The van der Waals surface area contributed by atoms with E-state index in [9.17, 15) is 13.2 Å². The molecule has 0 amide bonds. The number of nitrogens with zero attached hydrogens (tertiary/aromatic N) is 5. The van der Waals surface area contributed by atoms with E-state index in [2.05, 4.69) is 25.0 Å². The molecule has 138 valence electrons. The molecule has 0 aliphatic heterocycles. The molecule has 27 heavy (non-hydrogen) atoms. The summed E-state index contributed by atoms with van der Waals surface area (Å²) in [5.74, 6) is -0.571. The average molecular weight is 375 g/mol. The number of ether oxygens (including phenoxy) is 1. The Morgan fingerprint density at radius 2 is 2.00 bits per heavy atom. The highest BCUT2D eigenvalue weighted by Crippen LogP contribution is 2.29. The van der Waals surface area contributed by atoms with Crippen LogP contribution >= 0.6 is 0 Å². The van der Waals surface area contributed by atoms with Crippen LogP contribution in [0, 0.1) is 12.7 Å². The number of hydrogen-bond donors (Lipinski definition) is 0. The van der Waals surface area contributed by atoms with Crippen LogP contribution in [0.25, 0.3) is 22.2 Å². The maximum Gasteiger partial charge on any atom is 0.387 e. The number of aryl methyl sites for hydroxylation is 1. The number of rotatable bonds is 5. The zero-order valence-electron chi connectivity index (χ0n) is 13.9. The highest BCUT2D eigenvalue weighted by Gasteiger charge is 2.14. The first kappa shape index (κ1) is 17.0. The minimum absolute atomic E-state index is 0.249. The summed E-state index contributed by atoms with van der Waals surface area (Å²) in [6, 6.07) is 5.48. The van der Waals surface area contributed by atoms with Crippen LogP contribution in [0.15, 0.2) is 41.1 Å². The summed E-state index contributed by atoms with van der Waals surface area (Å²) in [4.78, 5) is 4.31. The van der Waals surface area contributed by atoms with Gasteiger partial charge in [0.1, 0.15) is 12.1 Å². The summed E-state index contributed by atoms with van der Waals surface area (Å²) >= 11 is 0. The lowest BCUT2D eigenvalue weighted by atomic mass is 10.1. The van der Waals surface area contributed by atoms with Gasteiger partial charge in [0, 0.05) is 18.7 Å². The minimum atomic E-state index is -3.12. The van der Waals surface area contributed by atoms with E-state index in [1.54, 1.807) is 30.1 Å². The standard InChI is InChI=1S/C17H12F3N5O2/c1-9-23-24-16(26-9)8-25-14-4-11(6-21-13(14)7-22-25)10-2-3-12(18)15(5-10)27-17(19)20/h2-7,17H,8H2,1H3. The Labute approximate surface area is 150 Å². The third kappa shape index (κ3) is 3.46. The quantitative estimate of drug-likeness (QED) is 0.531. The van der Waals surface area contributed by atoms with Gasteiger partial charge >= 0.3 is 6.61 Å². The largest absolute Gasteiger partial charge is 0.432 e. The van der Waals surface area contributed by atoms with E-state index in [-0.39, 0.29) is 6.54 Å². The van der Waals surface area contributed by atoms with Crippen molar-refractivity contribution in [3.8, 4) is 16.9 Å². The summed E-state index contributed by atoms with van der Waals surface area (Å²) < 4.78 is 49.7. The molecule has 0 N–H and O–H groups in total. The fourth-order valence-electron chi connectivity index (χ4n) is 2.64. The fourth-order valence-corrected chi connectivity index (χ4v) is 2.64. The molecule has 0 aliphatic rings. The zero-order valence-corrected chi connectivity index (χ0v) is 13.9. The van der Waals surface area contributed by atoms with E-state index in [4.69, 9.17) is 4.42 Å². The maximum atomic E-state index is 13.6. The van der Waals surface area contributed by atoms with Crippen molar-refractivity contribution in [3.63, 3.8) is 0 Å². The number of hydrogen-bond acceptors (Lipinski definition) is 6. The van der Waals surface area contributed by atoms with E-state index < -0.39 is 18.2 Å². The first-order chi connectivity index (χ1) is 13.0. The normalized spacial score (nSPS) is 11.4. The van der Waals surface area contributed by atoms with Gasteiger partial charge < -0.3 is 9.15 Å². The Bertz CT molecular complexity index is 1110. The summed E-state index contributed by atoms with van der Waals surface area (Å²) in [6.07, 6.45) is 3.13. The van der Waals surface area contributed by atoms with E-state index in [0.29, 0.717) is 33.9 Å². The van der Waals surface area contributed by atoms with Crippen LogP contribution in [0.3, 0.4) is 0 Å². The molecule has 4 aromatic rings. The summed E-state index contributed by atoms with van der Waals surface area (Å²) in [5, 5.41) is 11.9.